The molecule has 15 atom stereocenters. The maximum atomic E-state index is 12.9. The molecule has 3 aliphatic rings. The van der Waals surface area contributed by atoms with Gasteiger partial charge in [-0.3, -0.25) is 4.79 Å². The van der Waals surface area contributed by atoms with E-state index in [9.17, 15) is 4.79 Å². The second kappa shape index (κ2) is 39.8. The van der Waals surface area contributed by atoms with Gasteiger partial charge in [-0.15, -0.1) is 11.8 Å². The number of carbonyl (C=O) groups is 1. The van der Waals surface area contributed by atoms with Gasteiger partial charge in [0.1, 0.15) is 85.3 Å². The summed E-state index contributed by atoms with van der Waals surface area (Å²) in [5.74, 6) is 0.144. The van der Waals surface area contributed by atoms with E-state index < -0.39 is 97.2 Å². The summed E-state index contributed by atoms with van der Waals surface area (Å²) in [6.45, 7) is 5.03. The summed E-state index contributed by atoms with van der Waals surface area (Å²) in [5, 5.41) is 0. The van der Waals surface area contributed by atoms with Crippen LogP contribution in [0.2, 0.25) is 0 Å². The van der Waals surface area contributed by atoms with E-state index in [-0.39, 0.29) is 72.7 Å². The molecule has 0 aromatic heterocycles. The van der Waals surface area contributed by atoms with E-state index in [1.807, 2.05) is 273 Å². The lowest BCUT2D eigenvalue weighted by molar-refractivity contribution is -0.364. The van der Waals surface area contributed by atoms with Gasteiger partial charge in [-0.05, 0) is 55.8 Å². The molecule has 0 saturated carbocycles. The Hall–Kier alpha value is -7.76. The van der Waals surface area contributed by atoms with Crippen molar-refractivity contribution in [1.29, 1.82) is 0 Å². The van der Waals surface area contributed by atoms with Crippen LogP contribution in [-0.2, 0) is 135 Å². The lowest BCUT2D eigenvalue weighted by atomic mass is 9.96. The molecule has 534 valence electrons. The SMILES string of the molecule is CCS[C@H]1O[C@H](CO[C@H]2O[C@H](COC(C)=O)[C@@H](OCc3ccccc3)[C@H](OCc3ccccc3)[C@@H]2OCc2ccccc2)[C@@H](OCc2ccccc2)[C@H](O[C@H]2O[C@H](COCc3ccccc3)[C@@H](OCc3ccccc3)[C@H](OCc3ccccc3)[C@@H]2OCc2ccccc2)[C@@H]1OCc1ccccc1. The number of benzene rings is 9. The van der Waals surface area contributed by atoms with Gasteiger partial charge >= 0.3 is 5.97 Å². The van der Waals surface area contributed by atoms with Crippen LogP contribution in [0.5, 0.6) is 0 Å². The van der Waals surface area contributed by atoms with Crippen molar-refractivity contribution in [3.05, 3.63) is 323 Å². The van der Waals surface area contributed by atoms with Crippen LogP contribution in [-0.4, -0.2) is 123 Å². The summed E-state index contributed by atoms with van der Waals surface area (Å²) in [7, 11) is 0. The smallest absolute Gasteiger partial charge is 0.302 e. The van der Waals surface area contributed by atoms with Gasteiger partial charge in [0.2, 0.25) is 0 Å². The Balaban J connectivity index is 0.950. The molecule has 3 heterocycles. The molecule has 3 saturated heterocycles. The molecule has 0 N–H and O–H groups in total. The maximum absolute atomic E-state index is 12.9. The second-order valence-electron chi connectivity index (χ2n) is 25.4. The molecule has 0 radical (unpaired) electrons. The van der Waals surface area contributed by atoms with E-state index in [2.05, 4.69) is 6.92 Å². The first-order valence-corrected chi connectivity index (χ1v) is 36.3. The lowest BCUT2D eigenvalue weighted by Crippen LogP contribution is -2.66. The molecular weight excluding hydrogens is 1310 g/mol. The largest absolute Gasteiger partial charge is 0.463 e. The number of hydrogen-bond donors (Lipinski definition) is 0. The van der Waals surface area contributed by atoms with Gasteiger partial charge in [-0.25, -0.2) is 0 Å². The monoisotopic (exact) mass is 1400 g/mol. The zero-order valence-electron chi connectivity index (χ0n) is 57.8. The van der Waals surface area contributed by atoms with Crippen molar-refractivity contribution in [3.63, 3.8) is 0 Å². The Labute approximate surface area is 603 Å². The highest BCUT2D eigenvalue weighted by Crippen LogP contribution is 2.40. The molecule has 3 aliphatic heterocycles. The van der Waals surface area contributed by atoms with Crippen LogP contribution in [0.1, 0.15) is 63.9 Å². The molecule has 0 bridgehead atoms. The molecule has 9 aromatic carbocycles. The van der Waals surface area contributed by atoms with Crippen LogP contribution in [0.3, 0.4) is 0 Å². The summed E-state index contributed by atoms with van der Waals surface area (Å²) in [6.07, 6.45) is -13.0. The van der Waals surface area contributed by atoms with Crippen molar-refractivity contribution in [3.8, 4) is 0 Å². The first-order valence-electron chi connectivity index (χ1n) is 35.2. The molecule has 12 rings (SSSR count). The molecule has 3 fully saturated rings. The minimum absolute atomic E-state index is 0.0901. The van der Waals surface area contributed by atoms with Crippen molar-refractivity contribution in [2.75, 3.05) is 25.6 Å². The standard InChI is InChI=1S/C85H92O16S/c1-3-102-85-82(96-57-70-47-29-12-30-48-70)79(101-84-81(95-56-69-45-27-11-28-46-69)78(93-54-67-41-23-9-24-42-67)74(89-50-63-33-15-5-16-34-63)71(99-84)58-87-49-62-31-13-4-14-32-62)76(91-52-65-37-19-7-20-38-65)73(100-85)60-97-83-80(94-55-68-43-25-10-26-44-68)77(92-53-66-39-21-8-22-40-66)75(72(98-83)59-88-61(2)86)90-51-64-35-17-6-18-36-64/h4-48,71-85H,3,49-60H2,1-2H3/t71-,72-,73-,74-,75-,76-,77+,78+,79+,80+,81+,82+,83+,84-,85-/m1/s1. The van der Waals surface area contributed by atoms with Gasteiger partial charge in [0.05, 0.1) is 72.7 Å². The lowest BCUT2D eigenvalue weighted by Gasteiger charge is -2.51. The highest BCUT2D eigenvalue weighted by Gasteiger charge is 2.56. The van der Waals surface area contributed by atoms with E-state index in [0.717, 1.165) is 50.1 Å². The number of carbonyl (C=O) groups excluding carboxylic acids is 1. The Morgan fingerprint density at radius 3 is 0.912 bits per heavy atom. The summed E-state index contributed by atoms with van der Waals surface area (Å²) in [5.41, 5.74) is 7.77. The zero-order valence-corrected chi connectivity index (χ0v) is 58.6. The number of rotatable bonds is 37. The molecule has 17 heteroatoms. The van der Waals surface area contributed by atoms with E-state index in [1.165, 1.54) is 6.92 Å². The molecule has 0 aliphatic carbocycles. The zero-order chi connectivity index (χ0) is 69.8. The fraction of sp³-hybridized carbons (Fsp3) is 0.353. The first-order chi connectivity index (χ1) is 50.4. The van der Waals surface area contributed by atoms with Crippen LogP contribution >= 0.6 is 11.8 Å². The van der Waals surface area contributed by atoms with Crippen LogP contribution in [0.25, 0.3) is 0 Å². The summed E-state index contributed by atoms with van der Waals surface area (Å²) in [6, 6.07) is 89.9. The third kappa shape index (κ3) is 21.9. The number of thioether (sulfide) groups is 1. The van der Waals surface area contributed by atoms with Gasteiger partial charge in [0.25, 0.3) is 0 Å². The Morgan fingerprint density at radius 2 is 0.569 bits per heavy atom. The molecule has 0 amide bonds. The quantitative estimate of drug-likeness (QED) is 0.0339. The van der Waals surface area contributed by atoms with Crippen molar-refractivity contribution >= 4 is 17.7 Å². The van der Waals surface area contributed by atoms with Gasteiger partial charge in [-0.2, -0.15) is 0 Å². The van der Waals surface area contributed by atoms with Crippen molar-refractivity contribution in [1.82, 2.24) is 0 Å². The highest BCUT2D eigenvalue weighted by molar-refractivity contribution is 7.99. The van der Waals surface area contributed by atoms with Crippen LogP contribution in [0.15, 0.2) is 273 Å². The van der Waals surface area contributed by atoms with Gasteiger partial charge in [0, 0.05) is 6.92 Å². The molecule has 0 spiro atoms. The first kappa shape index (κ1) is 74.0. The predicted octanol–water partition coefficient (Wildman–Crippen LogP) is 14.8. The van der Waals surface area contributed by atoms with E-state index in [1.54, 1.807) is 11.8 Å². The van der Waals surface area contributed by atoms with Crippen molar-refractivity contribution < 1.29 is 75.8 Å². The Bertz CT molecular complexity index is 3770. The predicted molar refractivity (Wildman–Crippen MR) is 388 cm³/mol. The fourth-order valence-corrected chi connectivity index (χ4v) is 13.8. The highest BCUT2D eigenvalue weighted by atomic mass is 32.2. The topological polar surface area (TPSA) is 156 Å². The minimum atomic E-state index is -1.20. The van der Waals surface area contributed by atoms with Gasteiger partial charge in [0.15, 0.2) is 12.6 Å². The van der Waals surface area contributed by atoms with Crippen molar-refractivity contribution in [2.24, 2.45) is 0 Å². The second-order valence-corrected chi connectivity index (χ2v) is 26.8. The van der Waals surface area contributed by atoms with Gasteiger partial charge in [-0.1, -0.05) is 280 Å². The number of ether oxygens (including phenoxy) is 15. The molecule has 102 heavy (non-hydrogen) atoms. The van der Waals surface area contributed by atoms with Gasteiger partial charge < -0.3 is 71.1 Å². The fourth-order valence-electron chi connectivity index (χ4n) is 12.8. The third-order valence-corrected chi connectivity index (χ3v) is 19.0. The minimum Gasteiger partial charge on any atom is -0.463 e. The summed E-state index contributed by atoms with van der Waals surface area (Å²) < 4.78 is 107. The van der Waals surface area contributed by atoms with Crippen molar-refractivity contribution in [2.45, 2.75) is 165 Å². The Morgan fingerprint density at radius 1 is 0.294 bits per heavy atom. The maximum Gasteiger partial charge on any atom is 0.302 e. The van der Waals surface area contributed by atoms with E-state index in [4.69, 9.17) is 71.1 Å². The van der Waals surface area contributed by atoms with Crippen LogP contribution in [0.4, 0.5) is 0 Å². The molecule has 9 aromatic rings. The Kier molecular flexibility index (Phi) is 28.8. The van der Waals surface area contributed by atoms with E-state index in [0.29, 0.717) is 12.4 Å². The van der Waals surface area contributed by atoms with E-state index >= 15 is 0 Å². The molecule has 0 unspecified atom stereocenters. The van der Waals surface area contributed by atoms with Crippen LogP contribution in [0, 0.1) is 0 Å². The average Bonchev–Trinajstić information content (AvgIpc) is 0.773. The normalized spacial score (nSPS) is 25.0. The summed E-state index contributed by atoms with van der Waals surface area (Å²) >= 11 is 1.58. The number of hydrogen-bond acceptors (Lipinski definition) is 17. The summed E-state index contributed by atoms with van der Waals surface area (Å²) in [4.78, 5) is 12.9. The molecule has 16 nitrogen and oxygen atoms in total. The average molecular weight is 1400 g/mol. The number of esters is 1. The molecular formula is C85H92O16S. The van der Waals surface area contributed by atoms with Crippen LogP contribution < -0.4 is 0 Å². The third-order valence-electron chi connectivity index (χ3n) is 17.9.